The van der Waals surface area contributed by atoms with Crippen LogP contribution in [0.1, 0.15) is 9.67 Å². The minimum Gasteiger partial charge on any atom is -0.465 e. The van der Waals surface area contributed by atoms with Gasteiger partial charge < -0.3 is 4.74 Å². The van der Waals surface area contributed by atoms with E-state index in [2.05, 4.69) is 14.7 Å². The number of aromatic nitrogens is 2. The Labute approximate surface area is 90.6 Å². The highest BCUT2D eigenvalue weighted by molar-refractivity contribution is 7.16. The molecule has 0 aliphatic heterocycles. The molecule has 0 N–H and O–H groups in total. The third-order valence-electron chi connectivity index (χ3n) is 1.80. The number of methoxy groups -OCH3 is 1. The summed E-state index contributed by atoms with van der Waals surface area (Å²) < 4.78 is 4.60. The quantitative estimate of drug-likeness (QED) is 0.726. The van der Waals surface area contributed by atoms with Crippen molar-refractivity contribution >= 4 is 17.3 Å². The molecule has 0 atom stereocenters. The van der Waals surface area contributed by atoms with Crippen LogP contribution in [0.3, 0.4) is 0 Å². The van der Waals surface area contributed by atoms with Gasteiger partial charge in [0.05, 0.1) is 13.3 Å². The molecule has 0 aliphatic carbocycles. The van der Waals surface area contributed by atoms with Gasteiger partial charge >= 0.3 is 5.97 Å². The number of pyridine rings is 1. The highest BCUT2D eigenvalue weighted by atomic mass is 32.1. The molecule has 0 unspecified atom stereocenters. The van der Waals surface area contributed by atoms with Crippen LogP contribution in [-0.4, -0.2) is 23.0 Å². The molecular formula is C10H8N2O2S. The smallest absolute Gasteiger partial charge is 0.349 e. The maximum atomic E-state index is 11.2. The van der Waals surface area contributed by atoms with Crippen LogP contribution in [0.4, 0.5) is 0 Å². The third-order valence-corrected chi connectivity index (χ3v) is 2.83. The Morgan fingerprint density at radius 2 is 2.33 bits per heavy atom. The summed E-state index contributed by atoms with van der Waals surface area (Å²) in [5, 5.41) is 0.767. The molecule has 5 heteroatoms. The van der Waals surface area contributed by atoms with Crippen molar-refractivity contribution < 1.29 is 9.53 Å². The van der Waals surface area contributed by atoms with E-state index in [4.69, 9.17) is 0 Å². The molecule has 0 aromatic carbocycles. The first-order valence-electron chi connectivity index (χ1n) is 4.26. The number of carbonyl (C=O) groups excluding carboxylic acids is 1. The predicted molar refractivity (Wildman–Crippen MR) is 56.7 cm³/mol. The maximum absolute atomic E-state index is 11.2. The second-order valence-corrected chi connectivity index (χ2v) is 3.79. The van der Waals surface area contributed by atoms with Gasteiger partial charge in [-0.05, 0) is 12.1 Å². The van der Waals surface area contributed by atoms with E-state index in [0.29, 0.717) is 4.88 Å². The molecule has 2 heterocycles. The van der Waals surface area contributed by atoms with Gasteiger partial charge in [-0.3, -0.25) is 4.98 Å². The standard InChI is InChI=1S/C10H8N2O2S/c1-14-10(13)8-6-12-9(15-8)7-3-2-4-11-5-7/h2-6H,1H3. The van der Waals surface area contributed by atoms with Crippen LogP contribution < -0.4 is 0 Å². The average molecular weight is 220 g/mol. The van der Waals surface area contributed by atoms with E-state index in [1.54, 1.807) is 12.4 Å². The number of hydrogen-bond donors (Lipinski definition) is 0. The molecule has 0 aliphatic rings. The van der Waals surface area contributed by atoms with Gasteiger partial charge in [0.15, 0.2) is 0 Å². The Morgan fingerprint density at radius 1 is 1.47 bits per heavy atom. The van der Waals surface area contributed by atoms with Crippen molar-refractivity contribution in [2.45, 2.75) is 0 Å². The second-order valence-electron chi connectivity index (χ2n) is 2.76. The Hall–Kier alpha value is -1.75. The summed E-state index contributed by atoms with van der Waals surface area (Å²) >= 11 is 1.29. The largest absolute Gasteiger partial charge is 0.465 e. The van der Waals surface area contributed by atoms with Crippen LogP contribution in [0.15, 0.2) is 30.7 Å². The fourth-order valence-electron chi connectivity index (χ4n) is 1.09. The zero-order chi connectivity index (χ0) is 10.7. The molecule has 76 valence electrons. The van der Waals surface area contributed by atoms with Crippen LogP contribution in [0, 0.1) is 0 Å². The number of thiazole rings is 1. The number of ether oxygens (including phenoxy) is 1. The molecule has 0 bridgehead atoms. The molecule has 2 aromatic heterocycles. The van der Waals surface area contributed by atoms with Crippen LogP contribution in [0.25, 0.3) is 10.6 Å². The van der Waals surface area contributed by atoms with Crippen molar-refractivity contribution in [2.24, 2.45) is 0 Å². The van der Waals surface area contributed by atoms with Gasteiger partial charge in [-0.15, -0.1) is 11.3 Å². The lowest BCUT2D eigenvalue weighted by atomic mass is 10.3. The van der Waals surface area contributed by atoms with Crippen LogP contribution in [-0.2, 0) is 4.74 Å². The molecule has 0 fully saturated rings. The Kier molecular flexibility index (Phi) is 2.73. The molecule has 4 nitrogen and oxygen atoms in total. The molecule has 15 heavy (non-hydrogen) atoms. The third kappa shape index (κ3) is 2.02. The van der Waals surface area contributed by atoms with E-state index in [1.165, 1.54) is 24.6 Å². The highest BCUT2D eigenvalue weighted by Gasteiger charge is 2.11. The first-order valence-corrected chi connectivity index (χ1v) is 5.07. The number of nitrogens with zero attached hydrogens (tertiary/aromatic N) is 2. The first kappa shape index (κ1) is 9.79. The number of esters is 1. The topological polar surface area (TPSA) is 52.1 Å². The SMILES string of the molecule is COC(=O)c1cnc(-c2cccnc2)s1. The van der Waals surface area contributed by atoms with Crippen molar-refractivity contribution in [3.05, 3.63) is 35.6 Å². The summed E-state index contributed by atoms with van der Waals surface area (Å²) in [4.78, 5) is 19.8. The van der Waals surface area contributed by atoms with E-state index in [9.17, 15) is 4.79 Å². The molecule has 0 saturated carbocycles. The van der Waals surface area contributed by atoms with E-state index in [1.807, 2.05) is 12.1 Å². The monoisotopic (exact) mass is 220 g/mol. The predicted octanol–water partition coefficient (Wildman–Crippen LogP) is 1.99. The molecule has 0 saturated heterocycles. The summed E-state index contributed by atoms with van der Waals surface area (Å²) in [6.07, 6.45) is 4.91. The van der Waals surface area contributed by atoms with Crippen LogP contribution in [0.2, 0.25) is 0 Å². The fraction of sp³-hybridized carbons (Fsp3) is 0.100. The van der Waals surface area contributed by atoms with Gasteiger partial charge in [0.1, 0.15) is 9.88 Å². The highest BCUT2D eigenvalue weighted by Crippen LogP contribution is 2.24. The summed E-state index contributed by atoms with van der Waals surface area (Å²) in [6.45, 7) is 0. The molecule has 0 amide bonds. The van der Waals surface area contributed by atoms with Crippen molar-refractivity contribution in [1.82, 2.24) is 9.97 Å². The van der Waals surface area contributed by atoms with Crippen LogP contribution in [0.5, 0.6) is 0 Å². The van der Waals surface area contributed by atoms with Gasteiger partial charge in [0, 0.05) is 18.0 Å². The lowest BCUT2D eigenvalue weighted by Crippen LogP contribution is -1.96. The summed E-state index contributed by atoms with van der Waals surface area (Å²) in [7, 11) is 1.35. The van der Waals surface area contributed by atoms with Crippen molar-refractivity contribution in [2.75, 3.05) is 7.11 Å². The fourth-order valence-corrected chi connectivity index (χ4v) is 1.92. The summed E-state index contributed by atoms with van der Waals surface area (Å²) in [6, 6.07) is 3.72. The van der Waals surface area contributed by atoms with Gasteiger partial charge in [0.25, 0.3) is 0 Å². The number of rotatable bonds is 2. The molecular weight excluding hydrogens is 212 g/mol. The summed E-state index contributed by atoms with van der Waals surface area (Å²) in [5.74, 6) is -0.359. The van der Waals surface area contributed by atoms with E-state index < -0.39 is 0 Å². The lowest BCUT2D eigenvalue weighted by Gasteiger charge is -1.93. The van der Waals surface area contributed by atoms with Gasteiger partial charge in [0.2, 0.25) is 0 Å². The second kappa shape index (κ2) is 4.18. The van der Waals surface area contributed by atoms with E-state index in [0.717, 1.165) is 10.6 Å². The zero-order valence-electron chi connectivity index (χ0n) is 8.01. The van der Waals surface area contributed by atoms with E-state index >= 15 is 0 Å². The minimum atomic E-state index is -0.359. The van der Waals surface area contributed by atoms with Crippen molar-refractivity contribution in [3.8, 4) is 10.6 Å². The molecule has 2 rings (SSSR count). The van der Waals surface area contributed by atoms with Gasteiger partial charge in [-0.25, -0.2) is 9.78 Å². The zero-order valence-corrected chi connectivity index (χ0v) is 8.82. The van der Waals surface area contributed by atoms with Gasteiger partial charge in [-0.1, -0.05) is 0 Å². The van der Waals surface area contributed by atoms with Gasteiger partial charge in [-0.2, -0.15) is 0 Å². The molecule has 2 aromatic rings. The Bertz CT molecular complexity index is 467. The Morgan fingerprint density at radius 3 is 3.00 bits per heavy atom. The average Bonchev–Trinajstić information content (AvgIpc) is 2.78. The van der Waals surface area contributed by atoms with E-state index in [-0.39, 0.29) is 5.97 Å². The normalized spacial score (nSPS) is 9.93. The van der Waals surface area contributed by atoms with Crippen molar-refractivity contribution in [1.29, 1.82) is 0 Å². The molecule has 0 spiro atoms. The number of hydrogen-bond acceptors (Lipinski definition) is 5. The first-order chi connectivity index (χ1) is 7.31. The maximum Gasteiger partial charge on any atom is 0.349 e. The Balaban J connectivity index is 2.32. The number of carbonyl (C=O) groups is 1. The van der Waals surface area contributed by atoms with Crippen LogP contribution >= 0.6 is 11.3 Å². The minimum absolute atomic E-state index is 0.359. The van der Waals surface area contributed by atoms with Crippen molar-refractivity contribution in [3.63, 3.8) is 0 Å². The summed E-state index contributed by atoms with van der Waals surface area (Å²) in [5.41, 5.74) is 0.901. The molecule has 0 radical (unpaired) electrons. The lowest BCUT2D eigenvalue weighted by molar-refractivity contribution is 0.0606.